The lowest BCUT2D eigenvalue weighted by Crippen LogP contribution is -2.53. The molecule has 1 N–H and O–H groups in total. The van der Waals surface area contributed by atoms with E-state index < -0.39 is 0 Å². The SMILES string of the molecule is CCn1nc(C)c(Cl)c1CC(NC)C1(OC)CCCCC1. The van der Waals surface area contributed by atoms with Crippen molar-refractivity contribution >= 4 is 11.6 Å². The van der Waals surface area contributed by atoms with Crippen LogP contribution in [-0.2, 0) is 17.7 Å². The summed E-state index contributed by atoms with van der Waals surface area (Å²) in [5.74, 6) is 0. The van der Waals surface area contributed by atoms with Crippen molar-refractivity contribution in [3.05, 3.63) is 16.4 Å². The number of hydrogen-bond donors (Lipinski definition) is 1. The van der Waals surface area contributed by atoms with Crippen LogP contribution in [0.2, 0.25) is 5.02 Å². The van der Waals surface area contributed by atoms with E-state index in [9.17, 15) is 0 Å². The molecular formula is C16H28ClN3O. The number of rotatable bonds is 6. The molecule has 4 nitrogen and oxygen atoms in total. The molecule has 0 radical (unpaired) electrons. The zero-order valence-electron chi connectivity index (χ0n) is 13.7. The zero-order chi connectivity index (χ0) is 15.5. The van der Waals surface area contributed by atoms with E-state index >= 15 is 0 Å². The molecule has 1 aromatic rings. The molecule has 1 aromatic heterocycles. The second kappa shape index (κ2) is 7.12. The highest BCUT2D eigenvalue weighted by Crippen LogP contribution is 2.36. The summed E-state index contributed by atoms with van der Waals surface area (Å²) in [6, 6.07) is 0.265. The standard InChI is InChI=1S/C16H28ClN3O/c1-5-20-13(15(17)12(2)19-20)11-14(18-3)16(21-4)9-7-6-8-10-16/h14,18H,5-11H2,1-4H3. The molecule has 0 aliphatic heterocycles. The van der Waals surface area contributed by atoms with Gasteiger partial charge in [0.1, 0.15) is 0 Å². The minimum absolute atomic E-state index is 0.0763. The van der Waals surface area contributed by atoms with Gasteiger partial charge in [0, 0.05) is 26.1 Å². The molecule has 5 heteroatoms. The first-order chi connectivity index (χ1) is 10.1. The van der Waals surface area contributed by atoms with Crippen LogP contribution in [0.4, 0.5) is 0 Å². The van der Waals surface area contributed by atoms with E-state index in [0.29, 0.717) is 0 Å². The fourth-order valence-corrected chi connectivity index (χ4v) is 3.87. The molecule has 1 atom stereocenters. The predicted molar refractivity (Wildman–Crippen MR) is 87.0 cm³/mol. The smallest absolute Gasteiger partial charge is 0.0847 e. The van der Waals surface area contributed by atoms with Gasteiger partial charge in [-0.1, -0.05) is 30.9 Å². The Labute approximate surface area is 133 Å². The van der Waals surface area contributed by atoms with Gasteiger partial charge in [0.15, 0.2) is 0 Å². The second-order valence-electron chi connectivity index (χ2n) is 6.04. The van der Waals surface area contributed by atoms with E-state index in [1.807, 2.05) is 25.8 Å². The van der Waals surface area contributed by atoms with Crippen LogP contribution >= 0.6 is 11.6 Å². The average molecular weight is 314 g/mol. The highest BCUT2D eigenvalue weighted by molar-refractivity contribution is 6.31. The first kappa shape index (κ1) is 16.8. The maximum atomic E-state index is 6.47. The Kier molecular flexibility index (Phi) is 5.69. The van der Waals surface area contributed by atoms with Gasteiger partial charge in [0.2, 0.25) is 0 Å². The Morgan fingerprint density at radius 1 is 1.38 bits per heavy atom. The van der Waals surface area contributed by atoms with Crippen LogP contribution in [0.5, 0.6) is 0 Å². The Bertz CT molecular complexity index is 466. The monoisotopic (exact) mass is 313 g/mol. The molecule has 1 aliphatic rings. The van der Waals surface area contributed by atoms with E-state index in [1.165, 1.54) is 19.3 Å². The molecule has 0 bridgehead atoms. The number of halogens is 1. The van der Waals surface area contributed by atoms with Gasteiger partial charge in [-0.3, -0.25) is 4.68 Å². The number of nitrogens with zero attached hydrogens (tertiary/aromatic N) is 2. The summed E-state index contributed by atoms with van der Waals surface area (Å²) in [6.45, 7) is 4.92. The molecule has 21 heavy (non-hydrogen) atoms. The fraction of sp³-hybridized carbons (Fsp3) is 0.812. The van der Waals surface area contributed by atoms with Gasteiger partial charge >= 0.3 is 0 Å². The van der Waals surface area contributed by atoms with Crippen LogP contribution in [0.15, 0.2) is 0 Å². The van der Waals surface area contributed by atoms with Crippen LogP contribution in [0, 0.1) is 6.92 Å². The molecule has 120 valence electrons. The van der Waals surface area contributed by atoms with Gasteiger partial charge < -0.3 is 10.1 Å². The number of aryl methyl sites for hydroxylation is 2. The summed E-state index contributed by atoms with van der Waals surface area (Å²) >= 11 is 6.47. The lowest BCUT2D eigenvalue weighted by molar-refractivity contribution is -0.0660. The molecule has 1 saturated carbocycles. The average Bonchev–Trinajstić information content (AvgIpc) is 2.80. The summed E-state index contributed by atoms with van der Waals surface area (Å²) in [7, 11) is 3.87. The molecule has 0 spiro atoms. The first-order valence-electron chi connectivity index (χ1n) is 8.02. The zero-order valence-corrected chi connectivity index (χ0v) is 14.5. The van der Waals surface area contributed by atoms with Gasteiger partial charge in [0.25, 0.3) is 0 Å². The van der Waals surface area contributed by atoms with Crippen LogP contribution in [0.3, 0.4) is 0 Å². The van der Waals surface area contributed by atoms with Crippen LogP contribution in [0.1, 0.15) is 50.4 Å². The van der Waals surface area contributed by atoms with Crippen LogP contribution in [-0.4, -0.2) is 35.6 Å². The summed E-state index contributed by atoms with van der Waals surface area (Å²) in [5.41, 5.74) is 1.96. The molecule has 0 amide bonds. The molecule has 0 aromatic carbocycles. The molecule has 1 unspecified atom stereocenters. The van der Waals surface area contributed by atoms with Crippen molar-refractivity contribution in [2.75, 3.05) is 14.2 Å². The Balaban J connectivity index is 2.26. The van der Waals surface area contributed by atoms with Crippen LogP contribution in [0.25, 0.3) is 0 Å². The Hall–Kier alpha value is -0.580. The Morgan fingerprint density at radius 3 is 2.57 bits per heavy atom. The largest absolute Gasteiger partial charge is 0.377 e. The van der Waals surface area contributed by atoms with Crippen molar-refractivity contribution in [2.24, 2.45) is 0 Å². The lowest BCUT2D eigenvalue weighted by atomic mass is 9.77. The van der Waals surface area contributed by atoms with E-state index in [4.69, 9.17) is 16.3 Å². The van der Waals surface area contributed by atoms with E-state index in [2.05, 4.69) is 17.3 Å². The number of hydrogen-bond acceptors (Lipinski definition) is 3. The number of likely N-dealkylation sites (N-methyl/N-ethyl adjacent to an activating group) is 1. The molecule has 1 aliphatic carbocycles. The third-order valence-electron chi connectivity index (χ3n) is 4.94. The van der Waals surface area contributed by atoms with E-state index in [-0.39, 0.29) is 11.6 Å². The first-order valence-corrected chi connectivity index (χ1v) is 8.40. The van der Waals surface area contributed by atoms with E-state index in [1.54, 1.807) is 0 Å². The number of ether oxygens (including phenoxy) is 1. The second-order valence-corrected chi connectivity index (χ2v) is 6.41. The number of methoxy groups -OCH3 is 1. The molecule has 1 heterocycles. The summed E-state index contributed by atoms with van der Waals surface area (Å²) < 4.78 is 8.01. The van der Waals surface area contributed by atoms with E-state index in [0.717, 1.165) is 42.2 Å². The maximum Gasteiger partial charge on any atom is 0.0847 e. The van der Waals surface area contributed by atoms with Crippen molar-refractivity contribution in [3.63, 3.8) is 0 Å². The molecule has 0 saturated heterocycles. The summed E-state index contributed by atoms with van der Waals surface area (Å²) in [4.78, 5) is 0. The van der Waals surface area contributed by atoms with Gasteiger partial charge in [0.05, 0.1) is 22.0 Å². The quantitative estimate of drug-likeness (QED) is 0.875. The fourth-order valence-electron chi connectivity index (χ4n) is 3.65. The highest BCUT2D eigenvalue weighted by Gasteiger charge is 2.40. The van der Waals surface area contributed by atoms with Crippen molar-refractivity contribution in [3.8, 4) is 0 Å². The van der Waals surface area contributed by atoms with Crippen molar-refractivity contribution in [1.29, 1.82) is 0 Å². The van der Waals surface area contributed by atoms with Gasteiger partial charge in [-0.2, -0.15) is 5.10 Å². The molecule has 1 fully saturated rings. The van der Waals surface area contributed by atoms with Crippen LogP contribution < -0.4 is 5.32 Å². The number of nitrogens with one attached hydrogen (secondary N) is 1. The van der Waals surface area contributed by atoms with Gasteiger partial charge in [-0.15, -0.1) is 0 Å². The van der Waals surface area contributed by atoms with Crippen molar-refractivity contribution in [1.82, 2.24) is 15.1 Å². The third kappa shape index (κ3) is 3.27. The van der Waals surface area contributed by atoms with Crippen molar-refractivity contribution in [2.45, 2.75) is 70.6 Å². The lowest BCUT2D eigenvalue weighted by Gasteiger charge is -2.42. The third-order valence-corrected chi connectivity index (χ3v) is 5.43. The summed E-state index contributed by atoms with van der Waals surface area (Å²) in [6.07, 6.45) is 6.89. The minimum Gasteiger partial charge on any atom is -0.377 e. The van der Waals surface area contributed by atoms with Crippen molar-refractivity contribution < 1.29 is 4.74 Å². The van der Waals surface area contributed by atoms with Gasteiger partial charge in [-0.25, -0.2) is 0 Å². The van der Waals surface area contributed by atoms with Gasteiger partial charge in [-0.05, 0) is 33.7 Å². The number of aromatic nitrogens is 2. The predicted octanol–water partition coefficient (Wildman–Crippen LogP) is 3.34. The topological polar surface area (TPSA) is 39.1 Å². The maximum absolute atomic E-state index is 6.47. The molecule has 2 rings (SSSR count). The molecular weight excluding hydrogens is 286 g/mol. The normalized spacial score (nSPS) is 19.7. The summed E-state index contributed by atoms with van der Waals surface area (Å²) in [5, 5.41) is 8.81. The Morgan fingerprint density at radius 2 is 2.05 bits per heavy atom. The minimum atomic E-state index is -0.0763. The highest BCUT2D eigenvalue weighted by atomic mass is 35.5.